The standard InChI is InChI=1S/C19H12BrCl3F4O/c1-2-5-18(28,11-3-4-13(20)14(21)8-11)9-12(19(25,26)27)10-6-15(22)17(24)16(23)7-10/h2-4,6-9,28H,1,5H2/b12-9+. The quantitative estimate of drug-likeness (QED) is 0.242. The number of rotatable bonds is 5. The van der Waals surface area contributed by atoms with Crippen LogP contribution in [-0.4, -0.2) is 11.3 Å². The minimum atomic E-state index is -4.89. The predicted molar refractivity (Wildman–Crippen MR) is 108 cm³/mol. The average molecular weight is 519 g/mol. The molecule has 0 saturated carbocycles. The van der Waals surface area contributed by atoms with Crippen LogP contribution >= 0.6 is 50.7 Å². The van der Waals surface area contributed by atoms with Gasteiger partial charge in [-0.3, -0.25) is 0 Å². The monoisotopic (exact) mass is 516 g/mol. The molecule has 2 aromatic carbocycles. The summed E-state index contributed by atoms with van der Waals surface area (Å²) in [6.45, 7) is 3.49. The maximum Gasteiger partial charge on any atom is 0.416 e. The van der Waals surface area contributed by atoms with E-state index in [1.165, 1.54) is 24.3 Å². The van der Waals surface area contributed by atoms with E-state index in [1.54, 1.807) is 0 Å². The molecule has 0 saturated heterocycles. The Morgan fingerprint density at radius 2 is 1.64 bits per heavy atom. The van der Waals surface area contributed by atoms with Crippen molar-refractivity contribution in [3.63, 3.8) is 0 Å². The molecule has 0 amide bonds. The normalized spacial score (nSPS) is 14.7. The van der Waals surface area contributed by atoms with E-state index in [2.05, 4.69) is 22.5 Å². The molecule has 1 unspecified atom stereocenters. The summed E-state index contributed by atoms with van der Waals surface area (Å²) in [5, 5.41) is 10.1. The Morgan fingerprint density at radius 3 is 2.11 bits per heavy atom. The van der Waals surface area contributed by atoms with Crippen LogP contribution in [0.4, 0.5) is 17.6 Å². The zero-order chi connectivity index (χ0) is 21.3. The van der Waals surface area contributed by atoms with E-state index in [-0.39, 0.29) is 17.0 Å². The first-order valence-corrected chi connectivity index (χ1v) is 9.55. The molecule has 2 aromatic rings. The Hall–Kier alpha value is -1.05. The van der Waals surface area contributed by atoms with Crippen molar-refractivity contribution < 1.29 is 22.7 Å². The number of hydrogen-bond acceptors (Lipinski definition) is 1. The summed E-state index contributed by atoms with van der Waals surface area (Å²) in [6.07, 6.45) is -3.24. The number of hydrogen-bond donors (Lipinski definition) is 1. The third-order valence-electron chi connectivity index (χ3n) is 3.86. The van der Waals surface area contributed by atoms with Crippen LogP contribution in [0.2, 0.25) is 15.1 Å². The van der Waals surface area contributed by atoms with Gasteiger partial charge >= 0.3 is 6.18 Å². The van der Waals surface area contributed by atoms with E-state index in [0.717, 1.165) is 12.1 Å². The molecule has 0 fully saturated rings. The smallest absolute Gasteiger partial charge is 0.381 e. The number of alkyl halides is 3. The Balaban J connectivity index is 2.74. The summed E-state index contributed by atoms with van der Waals surface area (Å²) >= 11 is 20.5. The minimum Gasteiger partial charge on any atom is -0.381 e. The van der Waals surface area contributed by atoms with Gasteiger partial charge in [0.2, 0.25) is 0 Å². The highest BCUT2D eigenvalue weighted by atomic mass is 79.9. The lowest BCUT2D eigenvalue weighted by Crippen LogP contribution is -2.25. The highest BCUT2D eigenvalue weighted by Crippen LogP contribution is 2.42. The van der Waals surface area contributed by atoms with Gasteiger partial charge in [0.1, 0.15) is 5.60 Å². The Bertz CT molecular complexity index is 920. The molecule has 1 N–H and O–H groups in total. The lowest BCUT2D eigenvalue weighted by Gasteiger charge is -2.27. The van der Waals surface area contributed by atoms with Crippen molar-refractivity contribution in [1.29, 1.82) is 0 Å². The van der Waals surface area contributed by atoms with E-state index in [4.69, 9.17) is 34.8 Å². The lowest BCUT2D eigenvalue weighted by atomic mass is 9.86. The van der Waals surface area contributed by atoms with Crippen LogP contribution in [0.15, 0.2) is 53.5 Å². The summed E-state index contributed by atoms with van der Waals surface area (Å²) < 4.78 is 55.5. The van der Waals surface area contributed by atoms with Crippen LogP contribution < -0.4 is 0 Å². The van der Waals surface area contributed by atoms with E-state index in [1.807, 2.05) is 0 Å². The number of halogens is 8. The molecule has 0 heterocycles. The maximum atomic E-state index is 13.8. The SMILES string of the molecule is C=CCC(O)(/C=C(\c1cc(Cl)c(F)c(Cl)c1)C(F)(F)F)c1ccc(Br)c(Cl)c1. The van der Waals surface area contributed by atoms with Gasteiger partial charge in [0.05, 0.1) is 20.6 Å². The summed E-state index contributed by atoms with van der Waals surface area (Å²) in [5.74, 6) is -1.03. The molecule has 28 heavy (non-hydrogen) atoms. The van der Waals surface area contributed by atoms with Gasteiger partial charge in [-0.1, -0.05) is 46.9 Å². The lowest BCUT2D eigenvalue weighted by molar-refractivity contribution is -0.0703. The number of allylic oxidation sites excluding steroid dienone is 1. The molecule has 0 spiro atoms. The van der Waals surface area contributed by atoms with E-state index in [0.29, 0.717) is 10.5 Å². The molecule has 0 radical (unpaired) electrons. The third kappa shape index (κ3) is 5.10. The molecule has 2 rings (SSSR count). The zero-order valence-electron chi connectivity index (χ0n) is 13.9. The second-order valence-corrected chi connectivity index (χ2v) is 7.93. The second kappa shape index (κ2) is 8.76. The Morgan fingerprint density at radius 1 is 1.07 bits per heavy atom. The van der Waals surface area contributed by atoms with E-state index >= 15 is 0 Å². The van der Waals surface area contributed by atoms with Crippen molar-refractivity contribution in [2.75, 3.05) is 0 Å². The topological polar surface area (TPSA) is 20.2 Å². The Labute approximate surface area is 182 Å². The molecular formula is C19H12BrCl3F4O. The van der Waals surface area contributed by atoms with Crippen molar-refractivity contribution in [3.8, 4) is 0 Å². The first-order valence-electron chi connectivity index (χ1n) is 7.63. The fourth-order valence-corrected chi connectivity index (χ4v) is 3.44. The van der Waals surface area contributed by atoms with Gasteiger partial charge in [0.25, 0.3) is 0 Å². The molecular weight excluding hydrogens is 506 g/mol. The number of benzene rings is 2. The van der Waals surface area contributed by atoms with Crippen LogP contribution in [-0.2, 0) is 5.60 Å². The summed E-state index contributed by atoms with van der Waals surface area (Å²) in [7, 11) is 0. The van der Waals surface area contributed by atoms with Crippen LogP contribution in [0.5, 0.6) is 0 Å². The molecule has 0 aliphatic carbocycles. The van der Waals surface area contributed by atoms with E-state index in [9.17, 15) is 22.7 Å². The van der Waals surface area contributed by atoms with Crippen LogP contribution in [0.3, 0.4) is 0 Å². The van der Waals surface area contributed by atoms with Gasteiger partial charge in [-0.2, -0.15) is 13.2 Å². The molecule has 150 valence electrons. The fraction of sp³-hybridized carbons (Fsp3) is 0.158. The van der Waals surface area contributed by atoms with Crippen LogP contribution in [0, 0.1) is 5.82 Å². The molecule has 1 nitrogen and oxygen atoms in total. The van der Waals surface area contributed by atoms with Gasteiger partial charge in [0.15, 0.2) is 5.82 Å². The van der Waals surface area contributed by atoms with Gasteiger partial charge in [-0.15, -0.1) is 6.58 Å². The fourth-order valence-electron chi connectivity index (χ4n) is 2.52. The summed E-state index contributed by atoms with van der Waals surface area (Å²) in [6, 6.07) is 5.85. The van der Waals surface area contributed by atoms with Crippen molar-refractivity contribution in [2.24, 2.45) is 0 Å². The number of aliphatic hydroxyl groups is 1. The van der Waals surface area contributed by atoms with Gasteiger partial charge in [-0.05, 0) is 57.4 Å². The van der Waals surface area contributed by atoms with Crippen molar-refractivity contribution in [3.05, 3.63) is 85.5 Å². The Kier molecular flexibility index (Phi) is 7.27. The molecule has 0 bridgehead atoms. The van der Waals surface area contributed by atoms with E-state index < -0.39 is 38.8 Å². The highest BCUT2D eigenvalue weighted by molar-refractivity contribution is 9.10. The minimum absolute atomic E-state index is 0.113. The first kappa shape index (κ1) is 23.2. The third-order valence-corrected chi connectivity index (χ3v) is 5.64. The molecule has 0 aliphatic rings. The van der Waals surface area contributed by atoms with Gasteiger partial charge in [-0.25, -0.2) is 4.39 Å². The highest BCUT2D eigenvalue weighted by Gasteiger charge is 2.39. The molecule has 0 aliphatic heterocycles. The largest absolute Gasteiger partial charge is 0.416 e. The molecule has 0 aromatic heterocycles. The van der Waals surface area contributed by atoms with Crippen LogP contribution in [0.1, 0.15) is 17.5 Å². The average Bonchev–Trinajstić information content (AvgIpc) is 2.59. The maximum absolute atomic E-state index is 13.8. The predicted octanol–water partition coefficient (Wildman–Crippen LogP) is 7.96. The molecule has 9 heteroatoms. The van der Waals surface area contributed by atoms with Crippen LogP contribution in [0.25, 0.3) is 5.57 Å². The first-order chi connectivity index (χ1) is 12.9. The van der Waals surface area contributed by atoms with Gasteiger partial charge < -0.3 is 5.11 Å². The van der Waals surface area contributed by atoms with Gasteiger partial charge in [0, 0.05) is 10.9 Å². The summed E-state index contributed by atoms with van der Waals surface area (Å²) in [5.41, 5.74) is -3.71. The van der Waals surface area contributed by atoms with Crippen molar-refractivity contribution >= 4 is 56.3 Å². The summed E-state index contributed by atoms with van der Waals surface area (Å²) in [4.78, 5) is 0. The second-order valence-electron chi connectivity index (χ2n) is 5.86. The van der Waals surface area contributed by atoms with Crippen molar-refractivity contribution in [2.45, 2.75) is 18.2 Å². The van der Waals surface area contributed by atoms with Crippen molar-refractivity contribution in [1.82, 2.24) is 0 Å². The molecule has 1 atom stereocenters. The zero-order valence-corrected chi connectivity index (χ0v) is 17.8.